The monoisotopic (exact) mass is 413 g/mol. The zero-order valence-electron chi connectivity index (χ0n) is 15.6. The largest absolute Gasteiger partial charge is 0.147 e. The van der Waals surface area contributed by atoms with Crippen molar-refractivity contribution in [2.75, 3.05) is 6.61 Å². The summed E-state index contributed by atoms with van der Waals surface area (Å²) in [5.41, 5.74) is 7.37. The van der Waals surface area contributed by atoms with E-state index < -0.39 is 18.3 Å². The number of halogens is 2. The Morgan fingerprint density at radius 2 is 1.64 bits per heavy atom. The van der Waals surface area contributed by atoms with E-state index in [9.17, 15) is 0 Å². The molecule has 0 spiro atoms. The summed E-state index contributed by atoms with van der Waals surface area (Å²) in [6.07, 6.45) is 1.08. The van der Waals surface area contributed by atoms with Crippen LogP contribution in [0.3, 0.4) is 0 Å². The van der Waals surface area contributed by atoms with Gasteiger partial charge in [0.2, 0.25) is 0 Å². The van der Waals surface area contributed by atoms with Gasteiger partial charge in [-0.1, -0.05) is 0 Å². The summed E-state index contributed by atoms with van der Waals surface area (Å²) < 4.78 is 7.66. The first kappa shape index (κ1) is 22.5. The minimum Gasteiger partial charge on any atom is -0.147 e. The van der Waals surface area contributed by atoms with Crippen molar-refractivity contribution >= 4 is 45.0 Å². The van der Waals surface area contributed by atoms with Crippen LogP contribution in [0.5, 0.6) is 0 Å². The maximum Gasteiger partial charge on any atom is -0.147 e. The van der Waals surface area contributed by atoms with Crippen LogP contribution < -0.4 is 3.87 Å². The van der Waals surface area contributed by atoms with E-state index in [-0.39, 0.29) is 24.8 Å². The first-order chi connectivity index (χ1) is 11.0. The van der Waals surface area contributed by atoms with E-state index in [0.717, 1.165) is 13.0 Å². The van der Waals surface area contributed by atoms with E-state index >= 15 is 0 Å². The average Bonchev–Trinajstić information content (AvgIpc) is 2.81. The third-order valence-corrected chi connectivity index (χ3v) is 8.13. The fraction of sp³-hybridized carbons (Fsp3) is 0.333. The molecule has 2 aromatic rings. The molecule has 25 heavy (non-hydrogen) atoms. The molecule has 2 aromatic carbocycles. The fourth-order valence-electron chi connectivity index (χ4n) is 3.56. The number of hydrogen-bond acceptors (Lipinski definition) is 1. The van der Waals surface area contributed by atoms with E-state index in [1.165, 1.54) is 42.5 Å². The van der Waals surface area contributed by atoms with Crippen LogP contribution in [-0.2, 0) is 21.6 Å². The van der Waals surface area contributed by atoms with Gasteiger partial charge in [0.25, 0.3) is 0 Å². The second-order valence-corrected chi connectivity index (χ2v) is 9.35. The van der Waals surface area contributed by atoms with Gasteiger partial charge >= 0.3 is 146 Å². The molecule has 1 nitrogen and oxygen atoms in total. The summed E-state index contributed by atoms with van der Waals surface area (Å²) >= 11 is -1.73. The summed E-state index contributed by atoms with van der Waals surface area (Å²) in [5, 5.41) is 5.06. The van der Waals surface area contributed by atoms with Crippen molar-refractivity contribution in [1.82, 2.24) is 0 Å². The Hall–Kier alpha value is -0.566. The van der Waals surface area contributed by atoms with Gasteiger partial charge in [-0.05, 0) is 0 Å². The van der Waals surface area contributed by atoms with Crippen LogP contribution in [0.2, 0.25) is 5.23 Å². The van der Waals surface area contributed by atoms with Gasteiger partial charge in [0.05, 0.1) is 0 Å². The van der Waals surface area contributed by atoms with Gasteiger partial charge in [-0.15, -0.1) is 24.8 Å². The van der Waals surface area contributed by atoms with E-state index in [2.05, 4.69) is 69.3 Å². The molecule has 135 valence electrons. The summed E-state index contributed by atoms with van der Waals surface area (Å²) in [4.78, 5) is 0. The topological polar surface area (TPSA) is 9.23 Å². The van der Waals surface area contributed by atoms with Crippen molar-refractivity contribution in [3.63, 3.8) is 0 Å². The van der Waals surface area contributed by atoms with Crippen molar-refractivity contribution in [2.24, 2.45) is 0 Å². The standard InChI is InChI=1S/C18H17.C2H5O.CH3.2ClH.Ti/c1-12-10-18(14(3)13(12)2)17-9-8-15-6-4-5-7-16(15)11-17;1-2-3;;;;/h4-9H,10H2,1-3H3;2H2,1H3;1H3;2*1H;/q;-1;;;;+1. The fourth-order valence-corrected chi connectivity index (χ4v) is 6.37. The Morgan fingerprint density at radius 1 is 0.960 bits per heavy atom. The molecule has 0 N–H and O–H groups in total. The molecule has 1 aliphatic rings. The molecule has 0 aliphatic heterocycles. The Bertz CT molecular complexity index is 824. The van der Waals surface area contributed by atoms with Crippen LogP contribution in [0.4, 0.5) is 0 Å². The van der Waals surface area contributed by atoms with E-state index in [4.69, 9.17) is 3.32 Å². The molecule has 0 fully saturated rings. The first-order valence-electron chi connectivity index (χ1n) is 8.40. The SMILES string of the molecule is CC[O][Ti]([CH3])[c]1c(C2=C(C)C(C)=C(C)C2)ccc2ccccc12.Cl.Cl. The Morgan fingerprint density at radius 3 is 2.24 bits per heavy atom. The summed E-state index contributed by atoms with van der Waals surface area (Å²) in [5.74, 6) is 0. The molecule has 0 atom stereocenters. The maximum absolute atomic E-state index is 6.16. The van der Waals surface area contributed by atoms with Crippen molar-refractivity contribution in [3.05, 3.63) is 58.7 Å². The van der Waals surface area contributed by atoms with Crippen LogP contribution in [0, 0.1) is 0 Å². The third kappa shape index (κ3) is 4.23. The molecule has 0 aromatic heterocycles. The molecule has 1 aliphatic carbocycles. The predicted molar refractivity (Wildman–Crippen MR) is 111 cm³/mol. The molecule has 0 saturated carbocycles. The zero-order chi connectivity index (χ0) is 16.6. The van der Waals surface area contributed by atoms with E-state index in [1.54, 1.807) is 0 Å². The molecular formula is C21H27Cl2OTi. The van der Waals surface area contributed by atoms with Gasteiger partial charge in [-0.3, -0.25) is 0 Å². The molecule has 0 unspecified atom stereocenters. The average molecular weight is 414 g/mol. The molecule has 3 rings (SSSR count). The normalized spacial score (nSPS) is 13.8. The summed E-state index contributed by atoms with van der Waals surface area (Å²) in [6, 6.07) is 13.4. The molecule has 4 heteroatoms. The number of hydrogen-bond donors (Lipinski definition) is 0. The first-order valence-corrected chi connectivity index (χ1v) is 11.4. The van der Waals surface area contributed by atoms with Gasteiger partial charge in [0.1, 0.15) is 0 Å². The van der Waals surface area contributed by atoms with Gasteiger partial charge in [-0.25, -0.2) is 0 Å². The Balaban J connectivity index is 0.00000156. The van der Waals surface area contributed by atoms with Crippen LogP contribution in [0.15, 0.2) is 53.1 Å². The van der Waals surface area contributed by atoms with Crippen LogP contribution in [0.1, 0.15) is 39.7 Å². The second-order valence-electron chi connectivity index (χ2n) is 6.38. The van der Waals surface area contributed by atoms with Crippen molar-refractivity contribution in [3.8, 4) is 0 Å². The second kappa shape index (κ2) is 9.39. The minimum atomic E-state index is -1.73. The number of rotatable bonds is 4. The van der Waals surface area contributed by atoms with Gasteiger partial charge < -0.3 is 0 Å². The quantitative estimate of drug-likeness (QED) is 0.524. The number of fused-ring (bicyclic) bond motifs is 1. The summed E-state index contributed by atoms with van der Waals surface area (Å²) in [6.45, 7) is 9.71. The Kier molecular flexibility index (Phi) is 8.44. The van der Waals surface area contributed by atoms with Crippen LogP contribution >= 0.6 is 24.8 Å². The summed E-state index contributed by atoms with van der Waals surface area (Å²) in [7, 11) is 0. The molecule has 0 amide bonds. The third-order valence-electron chi connectivity index (χ3n) is 5.06. The maximum atomic E-state index is 6.16. The van der Waals surface area contributed by atoms with Gasteiger partial charge in [-0.2, -0.15) is 0 Å². The number of allylic oxidation sites excluding steroid dienone is 4. The van der Waals surface area contributed by atoms with Crippen LogP contribution in [0.25, 0.3) is 16.3 Å². The van der Waals surface area contributed by atoms with Crippen molar-refractivity contribution in [1.29, 1.82) is 0 Å². The molecule has 0 radical (unpaired) electrons. The molecular weight excluding hydrogens is 387 g/mol. The number of benzene rings is 2. The van der Waals surface area contributed by atoms with Crippen molar-refractivity contribution in [2.45, 2.75) is 39.3 Å². The van der Waals surface area contributed by atoms with E-state index in [0.29, 0.717) is 0 Å². The van der Waals surface area contributed by atoms with E-state index in [1.807, 2.05) is 0 Å². The van der Waals surface area contributed by atoms with Crippen LogP contribution in [-0.4, -0.2) is 6.61 Å². The Labute approximate surface area is 170 Å². The minimum absolute atomic E-state index is 0. The molecule has 0 bridgehead atoms. The van der Waals surface area contributed by atoms with Gasteiger partial charge in [0, 0.05) is 0 Å². The molecule has 0 heterocycles. The van der Waals surface area contributed by atoms with Crippen molar-refractivity contribution < 1.29 is 21.6 Å². The van der Waals surface area contributed by atoms with Gasteiger partial charge in [0.15, 0.2) is 0 Å². The molecule has 0 saturated heterocycles. The zero-order valence-corrected chi connectivity index (χ0v) is 18.8. The predicted octanol–water partition coefficient (Wildman–Crippen LogP) is 6.44. The smallest absolute Gasteiger partial charge is 0.147 e.